The van der Waals surface area contributed by atoms with Gasteiger partial charge in [-0.3, -0.25) is 13.8 Å². The SMILES string of the molecule is CCCC/C=C/CC/C=C/CC/C=C/C(O)C(COP(=O)(O)OCCN)NC(=O)CCCCCCCCCC/C=C\C/C=C\C/C=C\CCCCCCC. The maximum Gasteiger partial charge on any atom is 0.472 e. The molecule has 8 nitrogen and oxygen atoms in total. The molecular weight excluding hydrogens is 695 g/mol. The van der Waals surface area contributed by atoms with Crippen LogP contribution in [0.5, 0.6) is 0 Å². The number of rotatable bonds is 39. The third-order valence-electron chi connectivity index (χ3n) is 8.98. The van der Waals surface area contributed by atoms with Gasteiger partial charge < -0.3 is 21.1 Å². The first-order valence-electron chi connectivity index (χ1n) is 21.6. The van der Waals surface area contributed by atoms with Crippen LogP contribution in [0.3, 0.4) is 0 Å². The summed E-state index contributed by atoms with van der Waals surface area (Å²) in [5.41, 5.74) is 5.36. The van der Waals surface area contributed by atoms with E-state index in [1.54, 1.807) is 6.08 Å². The van der Waals surface area contributed by atoms with Crippen molar-refractivity contribution in [1.29, 1.82) is 0 Å². The lowest BCUT2D eigenvalue weighted by Crippen LogP contribution is -2.45. The molecule has 3 unspecified atom stereocenters. The van der Waals surface area contributed by atoms with E-state index in [4.69, 9.17) is 14.8 Å². The Hall–Kier alpha value is -2.06. The van der Waals surface area contributed by atoms with Gasteiger partial charge in [0.05, 0.1) is 25.4 Å². The Morgan fingerprint density at radius 3 is 1.61 bits per heavy atom. The predicted octanol–water partition coefficient (Wildman–Crippen LogP) is 12.1. The maximum atomic E-state index is 12.7. The van der Waals surface area contributed by atoms with Crippen molar-refractivity contribution in [2.24, 2.45) is 5.73 Å². The van der Waals surface area contributed by atoms with Gasteiger partial charge in [0.25, 0.3) is 0 Å². The Morgan fingerprint density at radius 2 is 1.06 bits per heavy atom. The average Bonchev–Trinajstić information content (AvgIpc) is 3.16. The molecule has 54 heavy (non-hydrogen) atoms. The number of aliphatic hydroxyl groups excluding tert-OH is 1. The molecule has 0 bridgehead atoms. The molecule has 0 aromatic rings. The van der Waals surface area contributed by atoms with Gasteiger partial charge in [-0.25, -0.2) is 4.57 Å². The van der Waals surface area contributed by atoms with E-state index in [9.17, 15) is 19.4 Å². The van der Waals surface area contributed by atoms with Gasteiger partial charge >= 0.3 is 7.82 Å². The monoisotopic (exact) mass is 777 g/mol. The van der Waals surface area contributed by atoms with Crippen LogP contribution in [-0.2, 0) is 18.4 Å². The lowest BCUT2D eigenvalue weighted by molar-refractivity contribution is -0.123. The second kappa shape index (κ2) is 40.6. The Balaban J connectivity index is 4.22. The van der Waals surface area contributed by atoms with Crippen LogP contribution in [0, 0.1) is 0 Å². The lowest BCUT2D eigenvalue weighted by atomic mass is 10.1. The van der Waals surface area contributed by atoms with E-state index >= 15 is 0 Å². The first kappa shape index (κ1) is 51.9. The number of aliphatic hydroxyl groups is 1. The molecule has 0 rings (SSSR count). The summed E-state index contributed by atoms with van der Waals surface area (Å²) in [5.74, 6) is -0.220. The number of carbonyl (C=O) groups excluding carboxylic acids is 1. The summed E-state index contributed by atoms with van der Waals surface area (Å²) in [4.78, 5) is 22.7. The second-order valence-corrected chi connectivity index (χ2v) is 15.6. The Morgan fingerprint density at radius 1 is 0.611 bits per heavy atom. The first-order chi connectivity index (χ1) is 26.4. The van der Waals surface area contributed by atoms with Crippen LogP contribution >= 0.6 is 7.82 Å². The highest BCUT2D eigenvalue weighted by Crippen LogP contribution is 2.43. The number of nitrogens with one attached hydrogen (secondary N) is 1. The van der Waals surface area contributed by atoms with Gasteiger partial charge in [0, 0.05) is 13.0 Å². The summed E-state index contributed by atoms with van der Waals surface area (Å²) in [7, 11) is -4.35. The predicted molar refractivity (Wildman–Crippen MR) is 230 cm³/mol. The number of hydrogen-bond acceptors (Lipinski definition) is 6. The van der Waals surface area contributed by atoms with E-state index in [1.165, 1.54) is 77.0 Å². The Labute approximate surface area is 331 Å². The van der Waals surface area contributed by atoms with E-state index in [-0.39, 0.29) is 25.7 Å². The molecule has 0 aliphatic carbocycles. The normalized spacial score (nSPS) is 14.8. The molecule has 0 radical (unpaired) electrons. The largest absolute Gasteiger partial charge is 0.472 e. The molecule has 0 aromatic heterocycles. The van der Waals surface area contributed by atoms with Crippen LogP contribution in [0.15, 0.2) is 72.9 Å². The van der Waals surface area contributed by atoms with Crippen molar-refractivity contribution < 1.29 is 28.4 Å². The topological polar surface area (TPSA) is 131 Å². The fourth-order valence-electron chi connectivity index (χ4n) is 5.68. The van der Waals surface area contributed by atoms with Gasteiger partial charge in [-0.1, -0.05) is 164 Å². The van der Waals surface area contributed by atoms with Crippen molar-refractivity contribution in [3.05, 3.63) is 72.9 Å². The van der Waals surface area contributed by atoms with E-state index < -0.39 is 20.0 Å². The van der Waals surface area contributed by atoms with Gasteiger partial charge in [-0.05, 0) is 77.0 Å². The minimum atomic E-state index is -4.35. The summed E-state index contributed by atoms with van der Waals surface area (Å²) >= 11 is 0. The van der Waals surface area contributed by atoms with Crippen molar-refractivity contribution in [1.82, 2.24) is 5.32 Å². The van der Waals surface area contributed by atoms with E-state index in [0.29, 0.717) is 6.42 Å². The smallest absolute Gasteiger partial charge is 0.387 e. The number of nitrogens with two attached hydrogens (primary N) is 1. The minimum Gasteiger partial charge on any atom is -0.387 e. The molecule has 9 heteroatoms. The van der Waals surface area contributed by atoms with Gasteiger partial charge in [0.15, 0.2) is 0 Å². The summed E-state index contributed by atoms with van der Waals surface area (Å²) in [6.45, 7) is 4.02. The summed E-state index contributed by atoms with van der Waals surface area (Å²) in [5, 5.41) is 13.6. The lowest BCUT2D eigenvalue weighted by Gasteiger charge is -2.23. The summed E-state index contributed by atoms with van der Waals surface area (Å²) < 4.78 is 22.1. The zero-order valence-corrected chi connectivity index (χ0v) is 35.3. The van der Waals surface area contributed by atoms with Crippen LogP contribution in [0.25, 0.3) is 0 Å². The molecule has 312 valence electrons. The fraction of sp³-hybridized carbons (Fsp3) is 0.711. The second-order valence-electron chi connectivity index (χ2n) is 14.2. The number of unbranched alkanes of at least 4 members (excludes halogenated alkanes) is 17. The number of amides is 1. The number of allylic oxidation sites excluding steroid dienone is 11. The standard InChI is InChI=1S/C45H81N2O6P/c1-3-5-7-9-11-13-15-17-18-19-20-21-22-23-24-25-26-27-29-31-33-35-37-39-45(49)47-43(42-53-54(50,51)52-41-40-46)44(48)38-36-34-32-30-28-16-14-12-10-8-6-4-2/h10,12,15,17,19-20,22-23,28,30,36,38,43-44,48H,3-9,11,13-14,16,18,21,24-27,29,31-35,37,39-42,46H2,1-2H3,(H,47,49)(H,50,51)/b12-10+,17-15-,20-19-,23-22-,30-28+,38-36+. The zero-order chi connectivity index (χ0) is 39.6. The van der Waals surface area contributed by atoms with Crippen LogP contribution in [0.4, 0.5) is 0 Å². The van der Waals surface area contributed by atoms with E-state index in [1.807, 2.05) is 6.08 Å². The van der Waals surface area contributed by atoms with Crippen LogP contribution < -0.4 is 11.1 Å². The third-order valence-corrected chi connectivity index (χ3v) is 9.97. The highest BCUT2D eigenvalue weighted by molar-refractivity contribution is 7.47. The highest BCUT2D eigenvalue weighted by atomic mass is 31.2. The molecule has 3 atom stereocenters. The number of carbonyl (C=O) groups is 1. The van der Waals surface area contributed by atoms with Gasteiger partial charge in [0.2, 0.25) is 5.91 Å². The molecule has 1 amide bonds. The van der Waals surface area contributed by atoms with E-state index in [0.717, 1.165) is 77.0 Å². The molecular formula is C45H81N2O6P. The molecule has 0 fully saturated rings. The van der Waals surface area contributed by atoms with Crippen LogP contribution in [-0.4, -0.2) is 47.8 Å². The minimum absolute atomic E-state index is 0.0669. The van der Waals surface area contributed by atoms with Crippen molar-refractivity contribution in [2.45, 2.75) is 187 Å². The van der Waals surface area contributed by atoms with Gasteiger partial charge in [-0.2, -0.15) is 0 Å². The number of phosphoric ester groups is 1. The average molecular weight is 777 g/mol. The van der Waals surface area contributed by atoms with Crippen LogP contribution in [0.2, 0.25) is 0 Å². The molecule has 0 aliphatic rings. The third kappa shape index (κ3) is 38.2. The number of hydrogen-bond donors (Lipinski definition) is 4. The fourth-order valence-corrected chi connectivity index (χ4v) is 6.44. The zero-order valence-electron chi connectivity index (χ0n) is 34.4. The number of phosphoric acid groups is 1. The molecule has 5 N–H and O–H groups in total. The molecule has 0 spiro atoms. The quantitative estimate of drug-likeness (QED) is 0.0278. The van der Waals surface area contributed by atoms with Crippen molar-refractivity contribution in [3.8, 4) is 0 Å². The van der Waals surface area contributed by atoms with E-state index in [2.05, 4.69) is 79.9 Å². The summed E-state index contributed by atoms with van der Waals surface area (Å²) in [6.07, 6.45) is 52.4. The van der Waals surface area contributed by atoms with Crippen molar-refractivity contribution in [2.75, 3.05) is 19.8 Å². The Kier molecular flexibility index (Phi) is 39.0. The van der Waals surface area contributed by atoms with Gasteiger partial charge in [-0.15, -0.1) is 0 Å². The van der Waals surface area contributed by atoms with Crippen molar-refractivity contribution >= 4 is 13.7 Å². The molecule has 0 saturated carbocycles. The maximum absolute atomic E-state index is 12.7. The molecule has 0 saturated heterocycles. The van der Waals surface area contributed by atoms with Crippen LogP contribution in [0.1, 0.15) is 174 Å². The molecule has 0 heterocycles. The van der Waals surface area contributed by atoms with Crippen molar-refractivity contribution in [3.63, 3.8) is 0 Å². The summed E-state index contributed by atoms with van der Waals surface area (Å²) in [6, 6.07) is -0.890. The molecule has 0 aromatic carbocycles. The molecule has 0 aliphatic heterocycles. The van der Waals surface area contributed by atoms with Gasteiger partial charge in [0.1, 0.15) is 0 Å². The Bertz CT molecular complexity index is 1070. The highest BCUT2D eigenvalue weighted by Gasteiger charge is 2.26. The first-order valence-corrected chi connectivity index (χ1v) is 23.1.